The summed E-state index contributed by atoms with van der Waals surface area (Å²) in [4.78, 5) is 8.06. The van der Waals surface area contributed by atoms with Gasteiger partial charge in [-0.1, -0.05) is 23.2 Å². The number of halogens is 3. The first-order chi connectivity index (χ1) is 9.01. The van der Waals surface area contributed by atoms with Gasteiger partial charge in [-0.2, -0.15) is 4.98 Å². The molecule has 0 spiro atoms. The number of hydrazine groups is 1. The van der Waals surface area contributed by atoms with Crippen LogP contribution in [0.25, 0.3) is 0 Å². The molecule has 0 saturated heterocycles. The first kappa shape index (κ1) is 14.3. The number of nitrogens with two attached hydrogens (primary N) is 1. The molecule has 8 heteroatoms. The quantitative estimate of drug-likeness (QED) is 0.491. The summed E-state index contributed by atoms with van der Waals surface area (Å²) in [6, 6.07) is 3.25. The van der Waals surface area contributed by atoms with Crippen LogP contribution in [0.5, 0.6) is 11.6 Å². The molecule has 0 unspecified atom stereocenters. The lowest BCUT2D eigenvalue weighted by Gasteiger charge is -2.10. The second-order valence-electron chi connectivity index (χ2n) is 3.62. The van der Waals surface area contributed by atoms with Gasteiger partial charge in [-0.25, -0.2) is 10.8 Å². The Morgan fingerprint density at radius 1 is 1.32 bits per heavy atom. The number of aromatic nitrogens is 2. The molecular formula is C11H9BrCl2N4O. The highest BCUT2D eigenvalue weighted by Gasteiger charge is 2.11. The summed E-state index contributed by atoms with van der Waals surface area (Å²) in [6.45, 7) is 1.81. The number of nitrogens with zero attached hydrogens (tertiary/aromatic N) is 2. The zero-order valence-corrected chi connectivity index (χ0v) is 12.8. The molecule has 2 aromatic rings. The van der Waals surface area contributed by atoms with Crippen LogP contribution < -0.4 is 16.0 Å². The smallest absolute Gasteiger partial charge is 0.240 e. The van der Waals surface area contributed by atoms with Crippen LogP contribution in [0, 0.1) is 6.92 Å². The minimum atomic E-state index is 0.250. The fourth-order valence-electron chi connectivity index (χ4n) is 1.29. The summed E-state index contributed by atoms with van der Waals surface area (Å²) in [7, 11) is 0. The Balaban J connectivity index is 2.38. The van der Waals surface area contributed by atoms with Crippen LogP contribution in [-0.2, 0) is 0 Å². The van der Waals surface area contributed by atoms with E-state index in [-0.39, 0.29) is 5.95 Å². The third kappa shape index (κ3) is 3.27. The van der Waals surface area contributed by atoms with E-state index in [0.717, 1.165) is 5.56 Å². The maximum absolute atomic E-state index is 6.08. The predicted molar refractivity (Wildman–Crippen MR) is 78.8 cm³/mol. The molecule has 0 atom stereocenters. The van der Waals surface area contributed by atoms with Crippen molar-refractivity contribution in [2.24, 2.45) is 5.84 Å². The lowest BCUT2D eigenvalue weighted by molar-refractivity contribution is 0.458. The van der Waals surface area contributed by atoms with Gasteiger partial charge in [0.05, 0.1) is 10.0 Å². The molecule has 0 bridgehead atoms. The van der Waals surface area contributed by atoms with Gasteiger partial charge in [0, 0.05) is 22.3 Å². The molecule has 1 aromatic heterocycles. The van der Waals surface area contributed by atoms with Crippen LogP contribution >= 0.6 is 39.1 Å². The van der Waals surface area contributed by atoms with Crippen LogP contribution in [0.3, 0.4) is 0 Å². The van der Waals surface area contributed by atoms with Crippen molar-refractivity contribution in [1.82, 2.24) is 9.97 Å². The third-order valence-electron chi connectivity index (χ3n) is 2.24. The van der Waals surface area contributed by atoms with Crippen LogP contribution in [0.2, 0.25) is 10.0 Å². The molecule has 100 valence electrons. The van der Waals surface area contributed by atoms with E-state index in [1.54, 1.807) is 18.3 Å². The lowest BCUT2D eigenvalue weighted by Crippen LogP contribution is -2.11. The standard InChI is InChI=1S/C11H9BrCl2N4O/c1-5-4-16-11(18-15)17-10(5)19-9-3-7(13)6(12)2-8(9)14/h2-4H,15H2,1H3,(H,16,17,18). The van der Waals surface area contributed by atoms with Crippen molar-refractivity contribution in [1.29, 1.82) is 0 Å². The normalized spacial score (nSPS) is 10.4. The predicted octanol–water partition coefficient (Wildman–Crippen LogP) is 3.93. The van der Waals surface area contributed by atoms with Crippen LogP contribution in [0.4, 0.5) is 5.95 Å². The minimum absolute atomic E-state index is 0.250. The maximum atomic E-state index is 6.08. The molecule has 0 fully saturated rings. The van der Waals surface area contributed by atoms with Gasteiger partial charge in [0.2, 0.25) is 11.8 Å². The largest absolute Gasteiger partial charge is 0.437 e. The molecule has 5 nitrogen and oxygen atoms in total. The van der Waals surface area contributed by atoms with Gasteiger partial charge in [-0.05, 0) is 28.9 Å². The van der Waals surface area contributed by atoms with Crippen molar-refractivity contribution in [2.45, 2.75) is 6.92 Å². The molecular weight excluding hydrogens is 355 g/mol. The van der Waals surface area contributed by atoms with Crippen molar-refractivity contribution in [3.63, 3.8) is 0 Å². The van der Waals surface area contributed by atoms with E-state index in [0.29, 0.717) is 26.1 Å². The zero-order valence-electron chi connectivity index (χ0n) is 9.75. The molecule has 0 aliphatic heterocycles. The molecule has 19 heavy (non-hydrogen) atoms. The average Bonchev–Trinajstić information content (AvgIpc) is 2.38. The lowest BCUT2D eigenvalue weighted by atomic mass is 10.3. The fraction of sp³-hybridized carbons (Fsp3) is 0.0909. The van der Waals surface area contributed by atoms with E-state index >= 15 is 0 Å². The molecule has 3 N–H and O–H groups in total. The number of anilines is 1. The SMILES string of the molecule is Cc1cnc(NN)nc1Oc1cc(Cl)c(Br)cc1Cl. The number of benzene rings is 1. The summed E-state index contributed by atoms with van der Waals surface area (Å²) in [5.74, 6) is 6.25. The molecule has 1 heterocycles. The van der Waals surface area contributed by atoms with Crippen LogP contribution in [-0.4, -0.2) is 9.97 Å². The monoisotopic (exact) mass is 362 g/mol. The Hall–Kier alpha value is -1.08. The van der Waals surface area contributed by atoms with Gasteiger partial charge in [0.1, 0.15) is 5.75 Å². The Morgan fingerprint density at radius 2 is 2.05 bits per heavy atom. The van der Waals surface area contributed by atoms with E-state index in [1.807, 2.05) is 6.92 Å². The third-order valence-corrected chi connectivity index (χ3v) is 3.73. The topological polar surface area (TPSA) is 73.1 Å². The molecule has 0 saturated carbocycles. The number of hydrogen-bond donors (Lipinski definition) is 2. The molecule has 0 aliphatic rings. The van der Waals surface area contributed by atoms with Gasteiger partial charge in [-0.15, -0.1) is 0 Å². The van der Waals surface area contributed by atoms with Gasteiger partial charge in [-0.3, -0.25) is 5.43 Å². The Morgan fingerprint density at radius 3 is 2.74 bits per heavy atom. The Kier molecular flexibility index (Phi) is 4.46. The first-order valence-corrected chi connectivity index (χ1v) is 6.69. The summed E-state index contributed by atoms with van der Waals surface area (Å²) in [5, 5.41) is 0.903. The van der Waals surface area contributed by atoms with Gasteiger partial charge in [0.15, 0.2) is 0 Å². The number of aryl methyl sites for hydroxylation is 1. The molecule has 1 aromatic carbocycles. The van der Waals surface area contributed by atoms with E-state index in [9.17, 15) is 0 Å². The second-order valence-corrected chi connectivity index (χ2v) is 5.29. The van der Waals surface area contributed by atoms with E-state index in [4.69, 9.17) is 33.8 Å². The number of nitrogen functional groups attached to an aromatic ring is 1. The van der Waals surface area contributed by atoms with E-state index in [2.05, 4.69) is 31.3 Å². The van der Waals surface area contributed by atoms with Gasteiger partial charge >= 0.3 is 0 Å². The first-order valence-electron chi connectivity index (χ1n) is 5.14. The van der Waals surface area contributed by atoms with Crippen molar-refractivity contribution in [3.05, 3.63) is 38.4 Å². The number of ether oxygens (including phenoxy) is 1. The Bertz CT molecular complexity index is 624. The van der Waals surface area contributed by atoms with Crippen molar-refractivity contribution >= 4 is 45.1 Å². The van der Waals surface area contributed by atoms with Crippen LogP contribution in [0.15, 0.2) is 22.8 Å². The summed E-state index contributed by atoms with van der Waals surface area (Å²) in [6.07, 6.45) is 1.59. The van der Waals surface area contributed by atoms with Gasteiger partial charge < -0.3 is 4.74 Å². The molecule has 0 amide bonds. The van der Waals surface area contributed by atoms with E-state index < -0.39 is 0 Å². The fourth-order valence-corrected chi connectivity index (χ4v) is 2.12. The summed E-state index contributed by atoms with van der Waals surface area (Å²) < 4.78 is 6.32. The highest BCUT2D eigenvalue weighted by atomic mass is 79.9. The highest BCUT2D eigenvalue weighted by Crippen LogP contribution is 2.36. The molecule has 0 aliphatic carbocycles. The summed E-state index contributed by atoms with van der Waals surface area (Å²) in [5.41, 5.74) is 3.09. The maximum Gasteiger partial charge on any atom is 0.240 e. The zero-order chi connectivity index (χ0) is 14.0. The Labute approximate surface area is 128 Å². The van der Waals surface area contributed by atoms with Crippen molar-refractivity contribution < 1.29 is 4.74 Å². The van der Waals surface area contributed by atoms with E-state index in [1.165, 1.54) is 0 Å². The second kappa shape index (κ2) is 5.92. The average molecular weight is 364 g/mol. The number of rotatable bonds is 3. The summed E-state index contributed by atoms with van der Waals surface area (Å²) >= 11 is 15.4. The highest BCUT2D eigenvalue weighted by molar-refractivity contribution is 9.10. The minimum Gasteiger partial charge on any atom is -0.437 e. The number of nitrogens with one attached hydrogen (secondary N) is 1. The van der Waals surface area contributed by atoms with Crippen molar-refractivity contribution in [2.75, 3.05) is 5.43 Å². The number of hydrogen-bond acceptors (Lipinski definition) is 5. The molecule has 0 radical (unpaired) electrons. The van der Waals surface area contributed by atoms with Crippen LogP contribution in [0.1, 0.15) is 5.56 Å². The molecule has 2 rings (SSSR count). The van der Waals surface area contributed by atoms with Gasteiger partial charge in [0.25, 0.3) is 0 Å². The van der Waals surface area contributed by atoms with Crippen molar-refractivity contribution in [3.8, 4) is 11.6 Å².